The van der Waals surface area contributed by atoms with Gasteiger partial charge in [-0.3, -0.25) is 0 Å². The molecule has 0 radical (unpaired) electrons. The van der Waals surface area contributed by atoms with Gasteiger partial charge in [-0.15, -0.1) is 5.10 Å². The Morgan fingerprint density at radius 1 is 1.33 bits per heavy atom. The third-order valence-corrected chi connectivity index (χ3v) is 3.56. The molecule has 0 saturated carbocycles. The SMILES string of the molecule is CCC(CC)(CO)CNCc1cn(CCO)nn1. The number of aliphatic hydroxyl groups is 2. The van der Waals surface area contributed by atoms with Crippen molar-refractivity contribution >= 4 is 0 Å². The molecule has 0 aliphatic heterocycles. The first kappa shape index (κ1) is 15.1. The van der Waals surface area contributed by atoms with Gasteiger partial charge >= 0.3 is 0 Å². The molecule has 6 heteroatoms. The highest BCUT2D eigenvalue weighted by Crippen LogP contribution is 2.24. The lowest BCUT2D eigenvalue weighted by atomic mass is 9.83. The van der Waals surface area contributed by atoms with Crippen LogP contribution in [0.1, 0.15) is 32.4 Å². The molecular formula is C12H24N4O2. The van der Waals surface area contributed by atoms with E-state index in [0.717, 1.165) is 25.1 Å². The van der Waals surface area contributed by atoms with Crippen molar-refractivity contribution in [3.63, 3.8) is 0 Å². The summed E-state index contributed by atoms with van der Waals surface area (Å²) in [5.41, 5.74) is 0.809. The predicted molar refractivity (Wildman–Crippen MR) is 68.9 cm³/mol. The summed E-state index contributed by atoms with van der Waals surface area (Å²) in [6.45, 7) is 6.33. The fraction of sp³-hybridized carbons (Fsp3) is 0.833. The molecule has 0 fully saturated rings. The van der Waals surface area contributed by atoms with E-state index in [4.69, 9.17) is 5.11 Å². The van der Waals surface area contributed by atoms with E-state index in [0.29, 0.717) is 13.1 Å². The number of nitrogens with one attached hydrogen (secondary N) is 1. The largest absolute Gasteiger partial charge is 0.396 e. The molecule has 0 saturated heterocycles. The van der Waals surface area contributed by atoms with Gasteiger partial charge in [0.1, 0.15) is 0 Å². The van der Waals surface area contributed by atoms with E-state index < -0.39 is 0 Å². The van der Waals surface area contributed by atoms with Gasteiger partial charge in [0, 0.05) is 31.3 Å². The molecule has 0 amide bonds. The van der Waals surface area contributed by atoms with Crippen molar-refractivity contribution < 1.29 is 10.2 Å². The number of hydrogen-bond acceptors (Lipinski definition) is 5. The normalized spacial score (nSPS) is 12.0. The van der Waals surface area contributed by atoms with Crippen LogP contribution in [0.25, 0.3) is 0 Å². The Labute approximate surface area is 108 Å². The molecule has 0 unspecified atom stereocenters. The average Bonchev–Trinajstić information content (AvgIpc) is 2.84. The molecule has 0 aliphatic carbocycles. The van der Waals surface area contributed by atoms with Crippen molar-refractivity contribution in [3.05, 3.63) is 11.9 Å². The Morgan fingerprint density at radius 2 is 2.06 bits per heavy atom. The van der Waals surface area contributed by atoms with Gasteiger partial charge in [-0.05, 0) is 12.8 Å². The van der Waals surface area contributed by atoms with Gasteiger partial charge < -0.3 is 15.5 Å². The molecule has 0 atom stereocenters. The molecular weight excluding hydrogens is 232 g/mol. The van der Waals surface area contributed by atoms with Gasteiger partial charge in [0.05, 0.1) is 18.8 Å². The van der Waals surface area contributed by atoms with Crippen LogP contribution in [0.3, 0.4) is 0 Å². The molecule has 1 rings (SSSR count). The fourth-order valence-electron chi connectivity index (χ4n) is 1.87. The summed E-state index contributed by atoms with van der Waals surface area (Å²) in [5.74, 6) is 0. The zero-order valence-electron chi connectivity index (χ0n) is 11.3. The van der Waals surface area contributed by atoms with Crippen molar-refractivity contribution in [1.82, 2.24) is 20.3 Å². The Kier molecular flexibility index (Phi) is 6.24. The Balaban J connectivity index is 2.40. The molecule has 18 heavy (non-hydrogen) atoms. The fourth-order valence-corrected chi connectivity index (χ4v) is 1.87. The molecule has 6 nitrogen and oxygen atoms in total. The van der Waals surface area contributed by atoms with Crippen molar-refractivity contribution in [2.75, 3.05) is 19.8 Å². The van der Waals surface area contributed by atoms with E-state index in [1.807, 2.05) is 6.20 Å². The van der Waals surface area contributed by atoms with Crippen LogP contribution in [0.5, 0.6) is 0 Å². The minimum absolute atomic E-state index is 0.0406. The van der Waals surface area contributed by atoms with E-state index in [1.165, 1.54) is 0 Å². The lowest BCUT2D eigenvalue weighted by Crippen LogP contribution is -2.36. The van der Waals surface area contributed by atoms with Crippen molar-refractivity contribution in [2.24, 2.45) is 5.41 Å². The second-order valence-electron chi connectivity index (χ2n) is 4.67. The minimum Gasteiger partial charge on any atom is -0.396 e. The third-order valence-electron chi connectivity index (χ3n) is 3.56. The Bertz CT molecular complexity index is 328. The van der Waals surface area contributed by atoms with Gasteiger partial charge in [-0.25, -0.2) is 4.68 Å². The van der Waals surface area contributed by atoms with E-state index in [9.17, 15) is 5.11 Å². The lowest BCUT2D eigenvalue weighted by Gasteiger charge is -2.29. The van der Waals surface area contributed by atoms with Gasteiger partial charge in [-0.2, -0.15) is 0 Å². The topological polar surface area (TPSA) is 83.2 Å². The van der Waals surface area contributed by atoms with E-state index in [2.05, 4.69) is 29.5 Å². The third kappa shape index (κ3) is 4.04. The smallest absolute Gasteiger partial charge is 0.0964 e. The van der Waals surface area contributed by atoms with Crippen LogP contribution in [-0.2, 0) is 13.1 Å². The molecule has 3 N–H and O–H groups in total. The van der Waals surface area contributed by atoms with Crippen LogP contribution in [-0.4, -0.2) is 45.0 Å². The molecule has 104 valence electrons. The maximum Gasteiger partial charge on any atom is 0.0964 e. The molecule has 1 aromatic rings. The average molecular weight is 256 g/mol. The lowest BCUT2D eigenvalue weighted by molar-refractivity contribution is 0.113. The van der Waals surface area contributed by atoms with Crippen molar-refractivity contribution in [3.8, 4) is 0 Å². The summed E-state index contributed by atoms with van der Waals surface area (Å²) in [5, 5.41) is 29.4. The highest BCUT2D eigenvalue weighted by atomic mass is 16.3. The quantitative estimate of drug-likeness (QED) is 0.586. The van der Waals surface area contributed by atoms with Crippen LogP contribution in [0.2, 0.25) is 0 Å². The van der Waals surface area contributed by atoms with Crippen LogP contribution < -0.4 is 5.32 Å². The molecule has 1 aromatic heterocycles. The maximum absolute atomic E-state index is 9.45. The summed E-state index contributed by atoms with van der Waals surface area (Å²) in [7, 11) is 0. The summed E-state index contributed by atoms with van der Waals surface area (Å²) < 4.78 is 1.62. The van der Waals surface area contributed by atoms with Gasteiger partial charge in [0.2, 0.25) is 0 Å². The molecule has 0 aliphatic rings. The van der Waals surface area contributed by atoms with Crippen LogP contribution >= 0.6 is 0 Å². The summed E-state index contributed by atoms with van der Waals surface area (Å²) in [4.78, 5) is 0. The first-order valence-corrected chi connectivity index (χ1v) is 6.51. The highest BCUT2D eigenvalue weighted by molar-refractivity contribution is 4.92. The predicted octanol–water partition coefficient (Wildman–Crippen LogP) is 0.159. The minimum atomic E-state index is -0.0406. The van der Waals surface area contributed by atoms with Crippen molar-refractivity contribution in [1.29, 1.82) is 0 Å². The zero-order valence-corrected chi connectivity index (χ0v) is 11.3. The molecule has 0 aromatic carbocycles. The number of aliphatic hydroxyl groups excluding tert-OH is 2. The van der Waals surface area contributed by atoms with E-state index >= 15 is 0 Å². The van der Waals surface area contributed by atoms with E-state index in [1.54, 1.807) is 4.68 Å². The number of rotatable bonds is 9. The summed E-state index contributed by atoms with van der Waals surface area (Å²) >= 11 is 0. The molecule has 0 bridgehead atoms. The number of hydrogen-bond donors (Lipinski definition) is 3. The number of nitrogens with zero attached hydrogens (tertiary/aromatic N) is 3. The van der Waals surface area contributed by atoms with Crippen LogP contribution in [0.4, 0.5) is 0 Å². The first-order chi connectivity index (χ1) is 8.69. The number of aromatic nitrogens is 3. The standard InChI is InChI=1S/C12H24N4O2/c1-3-12(4-2,10-18)9-13-7-11-8-16(5-6-17)15-14-11/h8,13,17-18H,3-7,9-10H2,1-2H3. The molecule has 1 heterocycles. The summed E-state index contributed by atoms with van der Waals surface area (Å²) in [6, 6.07) is 0. The molecule has 0 spiro atoms. The second-order valence-corrected chi connectivity index (χ2v) is 4.67. The van der Waals surface area contributed by atoms with Gasteiger partial charge in [-0.1, -0.05) is 19.1 Å². The highest BCUT2D eigenvalue weighted by Gasteiger charge is 2.24. The van der Waals surface area contributed by atoms with Crippen LogP contribution in [0, 0.1) is 5.41 Å². The van der Waals surface area contributed by atoms with E-state index in [-0.39, 0.29) is 18.6 Å². The monoisotopic (exact) mass is 256 g/mol. The Hall–Kier alpha value is -0.980. The maximum atomic E-state index is 9.45. The van der Waals surface area contributed by atoms with Gasteiger partial charge in [0.25, 0.3) is 0 Å². The zero-order chi connectivity index (χ0) is 13.4. The van der Waals surface area contributed by atoms with Crippen LogP contribution in [0.15, 0.2) is 6.20 Å². The summed E-state index contributed by atoms with van der Waals surface area (Å²) in [6.07, 6.45) is 3.72. The van der Waals surface area contributed by atoms with Crippen molar-refractivity contribution in [2.45, 2.75) is 39.8 Å². The van der Waals surface area contributed by atoms with Gasteiger partial charge in [0.15, 0.2) is 0 Å². The second kappa shape index (κ2) is 7.45. The Morgan fingerprint density at radius 3 is 2.61 bits per heavy atom. The first-order valence-electron chi connectivity index (χ1n) is 6.51.